The molecule has 112 valence electrons. The van der Waals surface area contributed by atoms with Crippen molar-refractivity contribution in [3.8, 4) is 11.4 Å². The van der Waals surface area contributed by atoms with Crippen molar-refractivity contribution in [1.82, 2.24) is 9.55 Å². The molecule has 2 aromatic heterocycles. The molecule has 0 spiro atoms. The fourth-order valence-electron chi connectivity index (χ4n) is 2.38. The lowest BCUT2D eigenvalue weighted by molar-refractivity contribution is 0.0699. The van der Waals surface area contributed by atoms with E-state index in [2.05, 4.69) is 4.98 Å². The van der Waals surface area contributed by atoms with E-state index in [1.165, 1.54) is 6.20 Å². The van der Waals surface area contributed by atoms with Gasteiger partial charge in [-0.15, -0.1) is 0 Å². The highest BCUT2D eigenvalue weighted by Gasteiger charge is 2.23. The predicted molar refractivity (Wildman–Crippen MR) is 84.2 cm³/mol. The number of carboxylic acids is 1. The zero-order chi connectivity index (χ0) is 15.7. The van der Waals surface area contributed by atoms with Crippen LogP contribution in [0.5, 0.6) is 5.75 Å². The molecule has 5 nitrogen and oxygen atoms in total. The molecule has 22 heavy (non-hydrogen) atoms. The number of pyridine rings is 1. The van der Waals surface area contributed by atoms with Crippen LogP contribution in [0.2, 0.25) is 5.15 Å². The summed E-state index contributed by atoms with van der Waals surface area (Å²) in [4.78, 5) is 15.7. The van der Waals surface area contributed by atoms with Gasteiger partial charge in [-0.3, -0.25) is 4.57 Å². The third-order valence-electron chi connectivity index (χ3n) is 3.26. The molecule has 1 aromatic carbocycles. The maximum atomic E-state index is 11.5. The third kappa shape index (κ3) is 2.29. The largest absolute Gasteiger partial charge is 0.492 e. The Labute approximate surface area is 131 Å². The first-order valence-electron chi connectivity index (χ1n) is 6.75. The number of carbonyl (C=O) groups is 1. The van der Waals surface area contributed by atoms with Gasteiger partial charge in [0, 0.05) is 11.8 Å². The quantitative estimate of drug-likeness (QED) is 0.795. The number of benzene rings is 1. The van der Waals surface area contributed by atoms with Crippen LogP contribution >= 0.6 is 11.6 Å². The second kappa shape index (κ2) is 5.69. The van der Waals surface area contributed by atoms with E-state index in [9.17, 15) is 9.90 Å². The lowest BCUT2D eigenvalue weighted by Gasteiger charge is -2.08. The number of nitrogens with zero attached hydrogens (tertiary/aromatic N) is 2. The van der Waals surface area contributed by atoms with Crippen LogP contribution in [0, 0.1) is 0 Å². The van der Waals surface area contributed by atoms with Crippen molar-refractivity contribution < 1.29 is 14.6 Å². The van der Waals surface area contributed by atoms with Gasteiger partial charge >= 0.3 is 5.97 Å². The zero-order valence-corrected chi connectivity index (χ0v) is 12.5. The Morgan fingerprint density at radius 1 is 1.36 bits per heavy atom. The first kappa shape index (κ1) is 14.4. The van der Waals surface area contributed by atoms with E-state index in [1.807, 2.05) is 37.3 Å². The van der Waals surface area contributed by atoms with Crippen molar-refractivity contribution in [2.75, 3.05) is 6.61 Å². The Morgan fingerprint density at radius 3 is 2.73 bits per heavy atom. The molecule has 0 aliphatic heterocycles. The predicted octanol–water partition coefficient (Wildman–Crippen LogP) is 3.78. The van der Waals surface area contributed by atoms with E-state index >= 15 is 0 Å². The van der Waals surface area contributed by atoms with E-state index in [0.29, 0.717) is 23.4 Å². The molecule has 0 aliphatic rings. The molecule has 6 heteroatoms. The Hall–Kier alpha value is -2.53. The van der Waals surface area contributed by atoms with Crippen molar-refractivity contribution >= 4 is 28.6 Å². The molecule has 3 aromatic rings. The molecule has 2 heterocycles. The van der Waals surface area contributed by atoms with Crippen LogP contribution in [0.15, 0.2) is 42.6 Å². The number of aromatic nitrogens is 2. The minimum absolute atomic E-state index is 0.0106. The first-order valence-corrected chi connectivity index (χ1v) is 7.12. The minimum Gasteiger partial charge on any atom is -0.492 e. The van der Waals surface area contributed by atoms with E-state index in [-0.39, 0.29) is 10.7 Å². The molecular weight excluding hydrogens is 304 g/mol. The van der Waals surface area contributed by atoms with Gasteiger partial charge in [-0.05, 0) is 19.1 Å². The van der Waals surface area contributed by atoms with Gasteiger partial charge in [0.15, 0.2) is 0 Å². The molecule has 1 N–H and O–H groups in total. The van der Waals surface area contributed by atoms with Gasteiger partial charge in [-0.25, -0.2) is 9.78 Å². The lowest BCUT2D eigenvalue weighted by Crippen LogP contribution is -1.98. The van der Waals surface area contributed by atoms with Crippen molar-refractivity contribution in [1.29, 1.82) is 0 Å². The summed E-state index contributed by atoms with van der Waals surface area (Å²) in [6.07, 6.45) is 1.50. The maximum Gasteiger partial charge on any atom is 0.341 e. The van der Waals surface area contributed by atoms with Gasteiger partial charge < -0.3 is 9.84 Å². The van der Waals surface area contributed by atoms with Gasteiger partial charge in [0.25, 0.3) is 0 Å². The monoisotopic (exact) mass is 316 g/mol. The molecule has 0 bridgehead atoms. The second-order valence-electron chi connectivity index (χ2n) is 4.61. The number of hydrogen-bond donors (Lipinski definition) is 1. The standard InChI is InChI=1S/C16H13ClN2O3/c1-2-22-11-8-12-14(18-9-11)13(16(20)21)15(17)19(12)10-6-4-3-5-7-10/h3-9H,2H2,1H3,(H,20,21). The molecule has 0 radical (unpaired) electrons. The van der Waals surface area contributed by atoms with Crippen LogP contribution in [-0.4, -0.2) is 27.2 Å². The number of hydrogen-bond acceptors (Lipinski definition) is 3. The van der Waals surface area contributed by atoms with Crippen LogP contribution in [0.1, 0.15) is 17.3 Å². The number of para-hydroxylation sites is 1. The SMILES string of the molecule is CCOc1cnc2c(C(=O)O)c(Cl)n(-c3ccccc3)c2c1. The number of aromatic carboxylic acids is 1. The van der Waals surface area contributed by atoms with Crippen molar-refractivity contribution in [2.24, 2.45) is 0 Å². The van der Waals surface area contributed by atoms with E-state index < -0.39 is 5.97 Å². The maximum absolute atomic E-state index is 11.5. The Balaban J connectivity index is 2.36. The van der Waals surface area contributed by atoms with Crippen LogP contribution in [0.4, 0.5) is 0 Å². The summed E-state index contributed by atoms with van der Waals surface area (Å²) in [5.41, 5.74) is 1.69. The first-order chi connectivity index (χ1) is 10.6. The summed E-state index contributed by atoms with van der Waals surface area (Å²) in [6, 6.07) is 11.0. The topological polar surface area (TPSA) is 64.3 Å². The zero-order valence-electron chi connectivity index (χ0n) is 11.8. The lowest BCUT2D eigenvalue weighted by atomic mass is 10.2. The van der Waals surface area contributed by atoms with E-state index in [1.54, 1.807) is 10.6 Å². The van der Waals surface area contributed by atoms with Gasteiger partial charge in [-0.1, -0.05) is 29.8 Å². The number of carboxylic acid groups (broad SMARTS) is 1. The molecule has 0 fully saturated rings. The normalized spacial score (nSPS) is 10.8. The fraction of sp³-hybridized carbons (Fsp3) is 0.125. The molecule has 0 saturated heterocycles. The van der Waals surface area contributed by atoms with Gasteiger partial charge in [0.05, 0.1) is 18.3 Å². The molecule has 0 atom stereocenters. The minimum atomic E-state index is -1.11. The van der Waals surface area contributed by atoms with E-state index in [0.717, 1.165) is 5.69 Å². The summed E-state index contributed by atoms with van der Waals surface area (Å²) in [5.74, 6) is -0.542. The molecule has 0 saturated carbocycles. The van der Waals surface area contributed by atoms with Gasteiger partial charge in [-0.2, -0.15) is 0 Å². The van der Waals surface area contributed by atoms with Gasteiger partial charge in [0.2, 0.25) is 0 Å². The summed E-state index contributed by atoms with van der Waals surface area (Å²) in [5, 5.41) is 9.55. The molecule has 0 amide bonds. The van der Waals surface area contributed by atoms with Gasteiger partial charge in [0.1, 0.15) is 22.0 Å². The summed E-state index contributed by atoms with van der Waals surface area (Å²) >= 11 is 6.31. The van der Waals surface area contributed by atoms with Crippen molar-refractivity contribution in [3.05, 3.63) is 53.3 Å². The fourth-order valence-corrected chi connectivity index (χ4v) is 2.74. The smallest absolute Gasteiger partial charge is 0.341 e. The summed E-state index contributed by atoms with van der Waals surface area (Å²) in [6.45, 7) is 2.37. The second-order valence-corrected chi connectivity index (χ2v) is 4.97. The average Bonchev–Trinajstić information content (AvgIpc) is 2.80. The third-order valence-corrected chi connectivity index (χ3v) is 3.62. The van der Waals surface area contributed by atoms with Crippen molar-refractivity contribution in [2.45, 2.75) is 6.92 Å². The molecule has 0 unspecified atom stereocenters. The molecular formula is C16H13ClN2O3. The number of ether oxygens (including phenoxy) is 1. The highest BCUT2D eigenvalue weighted by atomic mass is 35.5. The Bertz CT molecular complexity index is 843. The highest BCUT2D eigenvalue weighted by molar-refractivity contribution is 6.35. The summed E-state index contributed by atoms with van der Waals surface area (Å²) < 4.78 is 7.11. The van der Waals surface area contributed by atoms with E-state index in [4.69, 9.17) is 16.3 Å². The molecule has 3 rings (SSSR count). The number of fused-ring (bicyclic) bond motifs is 1. The number of rotatable bonds is 4. The highest BCUT2D eigenvalue weighted by Crippen LogP contribution is 2.33. The number of halogens is 1. The average molecular weight is 317 g/mol. The van der Waals surface area contributed by atoms with Crippen LogP contribution in [0.25, 0.3) is 16.7 Å². The molecule has 0 aliphatic carbocycles. The Morgan fingerprint density at radius 2 is 2.09 bits per heavy atom. The van der Waals surface area contributed by atoms with Crippen LogP contribution < -0.4 is 4.74 Å². The van der Waals surface area contributed by atoms with Crippen LogP contribution in [0.3, 0.4) is 0 Å². The Kier molecular flexibility index (Phi) is 3.73. The summed E-state index contributed by atoms with van der Waals surface area (Å²) in [7, 11) is 0. The van der Waals surface area contributed by atoms with Crippen molar-refractivity contribution in [3.63, 3.8) is 0 Å². The van der Waals surface area contributed by atoms with Crippen LogP contribution in [-0.2, 0) is 0 Å².